The lowest BCUT2D eigenvalue weighted by Crippen LogP contribution is -2.30. The van der Waals surface area contributed by atoms with Crippen LogP contribution in [-0.4, -0.2) is 49.4 Å². The Hall–Kier alpha value is -3.21. The van der Waals surface area contributed by atoms with Crippen LogP contribution >= 0.6 is 11.6 Å². The summed E-state index contributed by atoms with van der Waals surface area (Å²) in [4.78, 5) is 34.2. The Balaban J connectivity index is 1.71. The number of halogens is 4. The third-order valence-electron chi connectivity index (χ3n) is 5.44. The Morgan fingerprint density at radius 1 is 1.15 bits per heavy atom. The number of nitrogens with one attached hydrogen (secondary N) is 1. The van der Waals surface area contributed by atoms with Crippen molar-refractivity contribution in [1.82, 2.24) is 24.5 Å². The summed E-state index contributed by atoms with van der Waals surface area (Å²) in [5, 5.41) is 6.46. The molecule has 0 aliphatic carbocycles. The highest BCUT2D eigenvalue weighted by Gasteiger charge is 2.37. The zero-order valence-electron chi connectivity index (χ0n) is 19.1. The van der Waals surface area contributed by atoms with E-state index in [2.05, 4.69) is 20.4 Å². The fourth-order valence-corrected chi connectivity index (χ4v) is 3.86. The summed E-state index contributed by atoms with van der Waals surface area (Å²) in [7, 11) is 0. The monoisotopic (exact) mass is 496 g/mol. The number of anilines is 1. The molecule has 3 rings (SSSR count). The molecule has 34 heavy (non-hydrogen) atoms. The molecule has 3 aromatic rings. The Bertz CT molecular complexity index is 1240. The minimum atomic E-state index is -4.68. The summed E-state index contributed by atoms with van der Waals surface area (Å²) in [6, 6.07) is 4.67. The summed E-state index contributed by atoms with van der Waals surface area (Å²) in [6.45, 7) is 8.10. The number of aromatic nitrogens is 4. The molecule has 1 aromatic carbocycles. The van der Waals surface area contributed by atoms with Gasteiger partial charge in [0.05, 0.1) is 10.6 Å². The molecular weight excluding hydrogens is 473 g/mol. The molecule has 2 heterocycles. The fourth-order valence-electron chi connectivity index (χ4n) is 3.60. The number of rotatable bonds is 7. The van der Waals surface area contributed by atoms with Gasteiger partial charge >= 0.3 is 6.18 Å². The molecule has 0 aliphatic rings. The van der Waals surface area contributed by atoms with Crippen LogP contribution in [0.4, 0.5) is 18.9 Å². The van der Waals surface area contributed by atoms with E-state index in [9.17, 15) is 22.8 Å². The van der Waals surface area contributed by atoms with Gasteiger partial charge in [0.1, 0.15) is 0 Å². The lowest BCUT2D eigenvalue weighted by Gasteiger charge is -2.19. The van der Waals surface area contributed by atoms with Crippen LogP contribution in [0.3, 0.4) is 0 Å². The van der Waals surface area contributed by atoms with Crippen LogP contribution in [0, 0.1) is 13.8 Å². The van der Waals surface area contributed by atoms with Crippen LogP contribution in [0.25, 0.3) is 5.78 Å². The van der Waals surface area contributed by atoms with E-state index < -0.39 is 12.0 Å². The van der Waals surface area contributed by atoms with Crippen LogP contribution in [0.5, 0.6) is 0 Å². The van der Waals surface area contributed by atoms with Gasteiger partial charge in [0.15, 0.2) is 0 Å². The van der Waals surface area contributed by atoms with Crippen molar-refractivity contribution in [2.75, 3.05) is 18.4 Å². The average Bonchev–Trinajstić information content (AvgIpc) is 3.19. The van der Waals surface area contributed by atoms with Gasteiger partial charge in [0.2, 0.25) is 5.91 Å². The minimum Gasteiger partial charge on any atom is -0.339 e. The zero-order chi connectivity index (χ0) is 25.2. The van der Waals surface area contributed by atoms with E-state index >= 15 is 0 Å². The topological polar surface area (TPSA) is 92.5 Å². The molecule has 0 unspecified atom stereocenters. The van der Waals surface area contributed by atoms with E-state index in [1.54, 1.807) is 30.9 Å². The van der Waals surface area contributed by atoms with Crippen LogP contribution in [0.2, 0.25) is 5.02 Å². The number of hydrogen-bond acceptors (Lipinski definition) is 5. The van der Waals surface area contributed by atoms with Gasteiger partial charge in [0.25, 0.3) is 17.5 Å². The first-order valence-corrected chi connectivity index (χ1v) is 11.0. The quantitative estimate of drug-likeness (QED) is 0.521. The van der Waals surface area contributed by atoms with Crippen molar-refractivity contribution in [2.45, 2.75) is 46.7 Å². The van der Waals surface area contributed by atoms with E-state index in [-0.39, 0.29) is 35.5 Å². The number of aryl methyl sites for hydroxylation is 2. The van der Waals surface area contributed by atoms with Crippen LogP contribution < -0.4 is 5.32 Å². The summed E-state index contributed by atoms with van der Waals surface area (Å²) >= 11 is 6.27. The number of carbonyl (C=O) groups excluding carboxylic acids is 2. The van der Waals surface area contributed by atoms with Crippen molar-refractivity contribution >= 4 is 34.9 Å². The lowest BCUT2D eigenvalue weighted by molar-refractivity contribution is -0.144. The van der Waals surface area contributed by atoms with Crippen LogP contribution in [0.1, 0.15) is 53.4 Å². The summed E-state index contributed by atoms with van der Waals surface area (Å²) < 4.78 is 39.9. The normalized spacial score (nSPS) is 11.6. The number of amides is 2. The third kappa shape index (κ3) is 5.30. The molecule has 2 amide bonds. The zero-order valence-corrected chi connectivity index (χ0v) is 19.9. The van der Waals surface area contributed by atoms with Crippen molar-refractivity contribution < 1.29 is 22.8 Å². The van der Waals surface area contributed by atoms with Gasteiger partial charge in [0, 0.05) is 36.6 Å². The molecule has 8 nitrogen and oxygen atoms in total. The predicted octanol–water partition coefficient (Wildman–Crippen LogP) is 4.47. The highest BCUT2D eigenvalue weighted by molar-refractivity contribution is 6.34. The molecule has 0 radical (unpaired) electrons. The van der Waals surface area contributed by atoms with E-state index in [1.807, 2.05) is 13.8 Å². The molecule has 0 atom stereocenters. The molecule has 0 spiro atoms. The summed E-state index contributed by atoms with van der Waals surface area (Å²) in [5.74, 6) is -1.93. The maximum absolute atomic E-state index is 12.9. The van der Waals surface area contributed by atoms with Crippen LogP contribution in [0.15, 0.2) is 18.2 Å². The molecular formula is C22H24ClF3N6O2. The number of benzene rings is 1. The first-order valence-electron chi connectivity index (χ1n) is 10.6. The number of hydrogen-bond donors (Lipinski definition) is 1. The Kier molecular flexibility index (Phi) is 7.44. The highest BCUT2D eigenvalue weighted by atomic mass is 35.5. The molecule has 12 heteroatoms. The molecule has 0 aliphatic heterocycles. The van der Waals surface area contributed by atoms with Crippen molar-refractivity contribution in [3.63, 3.8) is 0 Å². The Morgan fingerprint density at radius 3 is 2.41 bits per heavy atom. The second-order valence-electron chi connectivity index (χ2n) is 7.63. The minimum absolute atomic E-state index is 0.0490. The van der Waals surface area contributed by atoms with Gasteiger partial charge < -0.3 is 10.2 Å². The predicted molar refractivity (Wildman–Crippen MR) is 121 cm³/mol. The maximum atomic E-state index is 12.9. The molecule has 0 fully saturated rings. The summed E-state index contributed by atoms with van der Waals surface area (Å²) in [5.41, 5.74) is 2.29. The second kappa shape index (κ2) is 9.96. The number of alkyl halides is 3. The third-order valence-corrected chi connectivity index (χ3v) is 5.75. The van der Waals surface area contributed by atoms with E-state index in [0.29, 0.717) is 41.3 Å². The fraction of sp³-hybridized carbons (Fsp3) is 0.409. The van der Waals surface area contributed by atoms with Gasteiger partial charge in [-0.05, 0) is 57.9 Å². The molecule has 0 saturated carbocycles. The van der Waals surface area contributed by atoms with Crippen molar-refractivity contribution in [3.05, 3.63) is 51.6 Å². The van der Waals surface area contributed by atoms with Crippen LogP contribution in [-0.2, 0) is 17.4 Å². The van der Waals surface area contributed by atoms with Gasteiger partial charge in [-0.25, -0.2) is 9.50 Å². The van der Waals surface area contributed by atoms with E-state index in [1.165, 1.54) is 6.07 Å². The maximum Gasteiger partial charge on any atom is 0.453 e. The highest BCUT2D eigenvalue weighted by Crippen LogP contribution is 2.27. The molecule has 182 valence electrons. The largest absolute Gasteiger partial charge is 0.453 e. The van der Waals surface area contributed by atoms with Gasteiger partial charge in [-0.15, -0.1) is 5.10 Å². The first-order chi connectivity index (χ1) is 16.0. The second-order valence-corrected chi connectivity index (χ2v) is 8.03. The van der Waals surface area contributed by atoms with Crippen molar-refractivity contribution in [1.29, 1.82) is 0 Å². The molecule has 2 aromatic heterocycles. The van der Waals surface area contributed by atoms with Gasteiger partial charge in [-0.2, -0.15) is 18.2 Å². The molecule has 1 N–H and O–H groups in total. The van der Waals surface area contributed by atoms with Crippen molar-refractivity contribution in [3.8, 4) is 0 Å². The molecule has 0 saturated heterocycles. The number of carbonyl (C=O) groups is 2. The standard InChI is InChI=1S/C22H24ClF3N6O2/c1-5-31(6-2)19(34)16-8-7-14(11-17(16)23)28-18(33)10-9-15-12(3)27-21-29-20(22(24,25)26)30-32(21)13(15)4/h7-8,11H,5-6,9-10H2,1-4H3,(H,28,33). The number of fused-ring (bicyclic) bond motifs is 1. The lowest BCUT2D eigenvalue weighted by atomic mass is 10.1. The van der Waals surface area contributed by atoms with E-state index in [0.717, 1.165) is 4.52 Å². The van der Waals surface area contributed by atoms with Gasteiger partial charge in [-0.3, -0.25) is 9.59 Å². The average molecular weight is 497 g/mol. The molecule has 0 bridgehead atoms. The van der Waals surface area contributed by atoms with Crippen molar-refractivity contribution in [2.24, 2.45) is 0 Å². The summed E-state index contributed by atoms with van der Waals surface area (Å²) in [6.07, 6.45) is -4.39. The SMILES string of the molecule is CCN(CC)C(=O)c1ccc(NC(=O)CCc2c(C)nc3nc(C(F)(F)F)nn3c2C)cc1Cl. The van der Waals surface area contributed by atoms with Gasteiger partial charge in [-0.1, -0.05) is 11.6 Å². The van der Waals surface area contributed by atoms with E-state index in [4.69, 9.17) is 11.6 Å². The smallest absolute Gasteiger partial charge is 0.339 e. The first kappa shape index (κ1) is 25.4. The Labute approximate surface area is 199 Å². The Morgan fingerprint density at radius 2 is 1.82 bits per heavy atom. The number of nitrogens with zero attached hydrogens (tertiary/aromatic N) is 5.